The summed E-state index contributed by atoms with van der Waals surface area (Å²) in [7, 11) is 1.53. The standard InChI is InChI=1S/C12H17NO3/c1-8-9(10(14)13-2)11(15)16-12(8)6-4-3-5-7-12/h3-7H2,1-2H3,(H,13,14). The van der Waals surface area contributed by atoms with Gasteiger partial charge in [0, 0.05) is 7.05 Å². The van der Waals surface area contributed by atoms with Gasteiger partial charge >= 0.3 is 5.97 Å². The lowest BCUT2D eigenvalue weighted by molar-refractivity contribution is -0.149. The van der Waals surface area contributed by atoms with Crippen molar-refractivity contribution in [3.8, 4) is 0 Å². The van der Waals surface area contributed by atoms with Gasteiger partial charge in [-0.15, -0.1) is 0 Å². The van der Waals surface area contributed by atoms with Gasteiger partial charge in [-0.2, -0.15) is 0 Å². The second-order valence-electron chi connectivity index (χ2n) is 4.52. The molecule has 0 aromatic carbocycles. The first-order chi connectivity index (χ1) is 7.60. The molecule has 1 saturated carbocycles. The van der Waals surface area contributed by atoms with Crippen LogP contribution in [0.25, 0.3) is 0 Å². The van der Waals surface area contributed by atoms with Gasteiger partial charge in [-0.3, -0.25) is 4.79 Å². The minimum Gasteiger partial charge on any atom is -0.451 e. The number of ether oxygens (including phenoxy) is 1. The molecule has 4 heteroatoms. The van der Waals surface area contributed by atoms with Crippen LogP contribution in [0.4, 0.5) is 0 Å². The van der Waals surface area contributed by atoms with E-state index in [0.29, 0.717) is 0 Å². The number of carbonyl (C=O) groups is 2. The van der Waals surface area contributed by atoms with Crippen molar-refractivity contribution in [1.29, 1.82) is 0 Å². The third-order valence-electron chi connectivity index (χ3n) is 3.67. The molecule has 4 nitrogen and oxygen atoms in total. The summed E-state index contributed by atoms with van der Waals surface area (Å²) >= 11 is 0. The summed E-state index contributed by atoms with van der Waals surface area (Å²) in [5.74, 6) is -0.788. The highest BCUT2D eigenvalue weighted by molar-refractivity contribution is 6.18. The maximum Gasteiger partial charge on any atom is 0.344 e. The second kappa shape index (κ2) is 3.92. The van der Waals surface area contributed by atoms with E-state index in [1.54, 1.807) is 0 Å². The van der Waals surface area contributed by atoms with Crippen molar-refractivity contribution in [2.45, 2.75) is 44.6 Å². The lowest BCUT2D eigenvalue weighted by atomic mass is 9.79. The minimum atomic E-state index is -0.475. The molecule has 88 valence electrons. The maximum absolute atomic E-state index is 11.7. The zero-order valence-corrected chi connectivity index (χ0v) is 9.76. The van der Waals surface area contributed by atoms with Crippen LogP contribution < -0.4 is 5.32 Å². The Hall–Kier alpha value is -1.32. The van der Waals surface area contributed by atoms with E-state index < -0.39 is 11.6 Å². The van der Waals surface area contributed by atoms with Gasteiger partial charge in [0.2, 0.25) is 0 Å². The van der Waals surface area contributed by atoms with Gasteiger partial charge in [-0.1, -0.05) is 6.42 Å². The summed E-state index contributed by atoms with van der Waals surface area (Å²) in [4.78, 5) is 23.3. The molecule has 1 amide bonds. The van der Waals surface area contributed by atoms with Crippen LogP contribution in [0, 0.1) is 0 Å². The fourth-order valence-electron chi connectivity index (χ4n) is 2.67. The van der Waals surface area contributed by atoms with Crippen LogP contribution in [0.15, 0.2) is 11.1 Å². The SMILES string of the molecule is CNC(=O)C1=C(C)C2(CCCCC2)OC1=O. The third-order valence-corrected chi connectivity index (χ3v) is 3.67. The predicted molar refractivity (Wildman–Crippen MR) is 58.7 cm³/mol. The number of amides is 1. The van der Waals surface area contributed by atoms with Crippen LogP contribution in [0.2, 0.25) is 0 Å². The van der Waals surface area contributed by atoms with Crippen molar-refractivity contribution in [1.82, 2.24) is 5.32 Å². The summed E-state index contributed by atoms with van der Waals surface area (Å²) in [5.41, 5.74) is 0.554. The van der Waals surface area contributed by atoms with Crippen molar-refractivity contribution in [3.05, 3.63) is 11.1 Å². The number of hydrogen-bond donors (Lipinski definition) is 1. The van der Waals surface area contributed by atoms with E-state index in [0.717, 1.165) is 31.3 Å². The number of likely N-dealkylation sites (N-methyl/N-ethyl adjacent to an activating group) is 1. The molecule has 0 radical (unpaired) electrons. The molecule has 2 aliphatic rings. The van der Waals surface area contributed by atoms with E-state index >= 15 is 0 Å². The molecule has 0 bridgehead atoms. The van der Waals surface area contributed by atoms with E-state index in [4.69, 9.17) is 4.74 Å². The Balaban J connectivity index is 2.35. The number of hydrogen-bond acceptors (Lipinski definition) is 3. The molecule has 0 aromatic rings. The van der Waals surface area contributed by atoms with Crippen molar-refractivity contribution >= 4 is 11.9 Å². The van der Waals surface area contributed by atoms with Crippen LogP contribution in [-0.4, -0.2) is 24.5 Å². The van der Waals surface area contributed by atoms with Gasteiger partial charge in [0.15, 0.2) is 0 Å². The molecule has 1 N–H and O–H groups in total. The summed E-state index contributed by atoms with van der Waals surface area (Å²) in [6, 6.07) is 0. The van der Waals surface area contributed by atoms with Gasteiger partial charge in [0.25, 0.3) is 5.91 Å². The fraction of sp³-hybridized carbons (Fsp3) is 0.667. The Morgan fingerprint density at radius 3 is 2.50 bits per heavy atom. The van der Waals surface area contributed by atoms with Gasteiger partial charge in [0.05, 0.1) is 0 Å². The summed E-state index contributed by atoms with van der Waals surface area (Å²) in [6.45, 7) is 1.85. The lowest BCUT2D eigenvalue weighted by Crippen LogP contribution is -2.33. The Bertz CT molecular complexity index is 364. The van der Waals surface area contributed by atoms with Crippen LogP contribution in [-0.2, 0) is 14.3 Å². The Morgan fingerprint density at radius 2 is 1.94 bits per heavy atom. The van der Waals surface area contributed by atoms with Gasteiger partial charge in [-0.05, 0) is 38.2 Å². The van der Waals surface area contributed by atoms with E-state index in [1.165, 1.54) is 13.5 Å². The van der Waals surface area contributed by atoms with Gasteiger partial charge < -0.3 is 10.1 Å². The van der Waals surface area contributed by atoms with E-state index in [9.17, 15) is 9.59 Å². The Morgan fingerprint density at radius 1 is 1.31 bits per heavy atom. The topological polar surface area (TPSA) is 55.4 Å². The highest BCUT2D eigenvalue weighted by atomic mass is 16.6. The molecule has 0 unspecified atom stereocenters. The molecule has 1 aliphatic carbocycles. The minimum absolute atomic E-state index is 0.212. The van der Waals surface area contributed by atoms with Crippen LogP contribution in [0.5, 0.6) is 0 Å². The van der Waals surface area contributed by atoms with Gasteiger partial charge in [0.1, 0.15) is 11.2 Å². The van der Waals surface area contributed by atoms with E-state index in [1.807, 2.05) is 6.92 Å². The van der Waals surface area contributed by atoms with Crippen LogP contribution in [0.3, 0.4) is 0 Å². The smallest absolute Gasteiger partial charge is 0.344 e. The third kappa shape index (κ3) is 1.52. The number of nitrogens with one attached hydrogen (secondary N) is 1. The van der Waals surface area contributed by atoms with Gasteiger partial charge in [-0.25, -0.2) is 4.79 Å². The molecule has 0 aromatic heterocycles. The second-order valence-corrected chi connectivity index (χ2v) is 4.52. The first-order valence-electron chi connectivity index (χ1n) is 5.77. The molecule has 1 spiro atoms. The van der Waals surface area contributed by atoms with E-state index in [-0.39, 0.29) is 11.5 Å². The lowest BCUT2D eigenvalue weighted by Gasteiger charge is -2.33. The first-order valence-corrected chi connectivity index (χ1v) is 5.77. The van der Waals surface area contributed by atoms with E-state index in [2.05, 4.69) is 5.32 Å². The predicted octanol–water partition coefficient (Wildman–Crippen LogP) is 1.31. The van der Waals surface area contributed by atoms with Crippen molar-refractivity contribution in [3.63, 3.8) is 0 Å². The molecule has 0 atom stereocenters. The number of esters is 1. The molecule has 1 fully saturated rings. The summed E-state index contributed by atoms with van der Waals surface area (Å²) < 4.78 is 5.46. The van der Waals surface area contributed by atoms with Crippen molar-refractivity contribution < 1.29 is 14.3 Å². The van der Waals surface area contributed by atoms with Crippen molar-refractivity contribution in [2.24, 2.45) is 0 Å². The Labute approximate surface area is 95.0 Å². The Kier molecular flexibility index (Phi) is 2.74. The summed E-state index contributed by atoms with van der Waals surface area (Å²) in [5, 5.41) is 2.49. The largest absolute Gasteiger partial charge is 0.451 e. The molecular weight excluding hydrogens is 206 g/mol. The van der Waals surface area contributed by atoms with Crippen LogP contribution in [0.1, 0.15) is 39.0 Å². The monoisotopic (exact) mass is 223 g/mol. The maximum atomic E-state index is 11.7. The zero-order chi connectivity index (χ0) is 11.8. The quantitative estimate of drug-likeness (QED) is 0.538. The molecular formula is C12H17NO3. The molecule has 1 heterocycles. The van der Waals surface area contributed by atoms with Crippen molar-refractivity contribution in [2.75, 3.05) is 7.05 Å². The first kappa shape index (κ1) is 11.2. The highest BCUT2D eigenvalue weighted by Gasteiger charge is 2.47. The molecule has 16 heavy (non-hydrogen) atoms. The average molecular weight is 223 g/mol. The fourth-order valence-corrected chi connectivity index (χ4v) is 2.67. The number of rotatable bonds is 1. The molecule has 1 aliphatic heterocycles. The summed E-state index contributed by atoms with van der Waals surface area (Å²) in [6.07, 6.45) is 5.01. The molecule has 2 rings (SSSR count). The highest BCUT2D eigenvalue weighted by Crippen LogP contribution is 2.43. The average Bonchev–Trinajstić information content (AvgIpc) is 2.51. The van der Waals surface area contributed by atoms with Crippen LogP contribution >= 0.6 is 0 Å². The normalized spacial score (nSPS) is 23.5. The number of carbonyl (C=O) groups excluding carboxylic acids is 2. The molecule has 0 saturated heterocycles. The zero-order valence-electron chi connectivity index (χ0n) is 9.76.